The summed E-state index contributed by atoms with van der Waals surface area (Å²) in [6.45, 7) is 3.97. The highest BCUT2D eigenvalue weighted by molar-refractivity contribution is 7.89. The Morgan fingerprint density at radius 1 is 0.914 bits per heavy atom. The lowest BCUT2D eigenvalue weighted by molar-refractivity contribution is 0.0680. The first-order valence-corrected chi connectivity index (χ1v) is 12.4. The minimum Gasteiger partial charge on any atom is -0.477 e. The number of sulfonamides is 1. The summed E-state index contributed by atoms with van der Waals surface area (Å²) in [6, 6.07) is 12.7. The molecule has 2 aromatic heterocycles. The van der Waals surface area contributed by atoms with Gasteiger partial charge in [0, 0.05) is 17.3 Å². The van der Waals surface area contributed by atoms with Crippen LogP contribution < -0.4 is 4.72 Å². The first kappa shape index (κ1) is 24.2. The van der Waals surface area contributed by atoms with Gasteiger partial charge in [0.1, 0.15) is 11.4 Å². The molecule has 0 saturated carbocycles. The van der Waals surface area contributed by atoms with Crippen molar-refractivity contribution in [1.82, 2.24) is 14.7 Å². The van der Waals surface area contributed by atoms with Crippen LogP contribution in [0.15, 0.2) is 53.4 Å². The number of nitrogens with one attached hydrogen (secondary N) is 1. The molecule has 35 heavy (non-hydrogen) atoms. The van der Waals surface area contributed by atoms with Crippen LogP contribution in [0.4, 0.5) is 0 Å². The number of nitrogens with zero attached hydrogens (tertiary/aromatic N) is 2. The number of aryl methyl sites for hydroxylation is 1. The van der Waals surface area contributed by atoms with Gasteiger partial charge in [0.2, 0.25) is 10.0 Å². The highest BCUT2D eigenvalue weighted by Crippen LogP contribution is 2.34. The molecule has 0 spiro atoms. The lowest BCUT2D eigenvalue weighted by Gasteiger charge is -2.14. The molecular formula is C25H23N3O6S. The summed E-state index contributed by atoms with van der Waals surface area (Å²) in [7, 11) is -3.78. The van der Waals surface area contributed by atoms with E-state index in [1.807, 2.05) is 6.92 Å². The average molecular weight is 494 g/mol. The molecule has 0 atom stereocenters. The molecule has 9 nitrogen and oxygen atoms in total. The van der Waals surface area contributed by atoms with E-state index >= 15 is 0 Å². The van der Waals surface area contributed by atoms with Crippen LogP contribution in [0.3, 0.4) is 0 Å². The molecule has 0 bridgehead atoms. The molecule has 0 unspecified atom stereocenters. The predicted molar refractivity (Wildman–Crippen MR) is 131 cm³/mol. The van der Waals surface area contributed by atoms with Crippen molar-refractivity contribution in [2.45, 2.75) is 31.6 Å². The summed E-state index contributed by atoms with van der Waals surface area (Å²) in [5.41, 5.74) is 1.47. The molecule has 0 radical (unpaired) electrons. The van der Waals surface area contributed by atoms with Crippen LogP contribution in [0.1, 0.15) is 46.3 Å². The molecule has 10 heteroatoms. The van der Waals surface area contributed by atoms with Crippen LogP contribution in [0.2, 0.25) is 0 Å². The fourth-order valence-corrected chi connectivity index (χ4v) is 5.20. The third-order valence-electron chi connectivity index (χ3n) is 5.69. The zero-order valence-corrected chi connectivity index (χ0v) is 19.9. The Kier molecular flexibility index (Phi) is 6.51. The molecule has 2 heterocycles. The van der Waals surface area contributed by atoms with Crippen molar-refractivity contribution in [3.63, 3.8) is 0 Å². The van der Waals surface area contributed by atoms with Gasteiger partial charge in [0.15, 0.2) is 0 Å². The van der Waals surface area contributed by atoms with E-state index in [0.29, 0.717) is 40.4 Å². The van der Waals surface area contributed by atoms with E-state index in [2.05, 4.69) is 14.7 Å². The summed E-state index contributed by atoms with van der Waals surface area (Å²) in [5.74, 6) is -2.50. The van der Waals surface area contributed by atoms with Gasteiger partial charge in [0.05, 0.1) is 15.9 Å². The summed E-state index contributed by atoms with van der Waals surface area (Å²) in [6.07, 6.45) is 1.54. The molecule has 0 aliphatic rings. The van der Waals surface area contributed by atoms with Gasteiger partial charge in [-0.05, 0) is 48.2 Å². The quantitative estimate of drug-likeness (QED) is 0.244. The zero-order chi connectivity index (χ0) is 25.3. The van der Waals surface area contributed by atoms with Crippen molar-refractivity contribution in [3.05, 3.63) is 65.5 Å². The van der Waals surface area contributed by atoms with Gasteiger partial charge >= 0.3 is 11.9 Å². The number of pyridine rings is 2. The summed E-state index contributed by atoms with van der Waals surface area (Å²) >= 11 is 0. The lowest BCUT2D eigenvalue weighted by atomic mass is 9.97. The fraction of sp³-hybridized carbons (Fsp3) is 0.200. The predicted octanol–water partition coefficient (Wildman–Crippen LogP) is 4.23. The number of aromatic nitrogens is 2. The minimum absolute atomic E-state index is 0.0972. The highest BCUT2D eigenvalue weighted by atomic mass is 32.2. The Morgan fingerprint density at radius 2 is 1.60 bits per heavy atom. The van der Waals surface area contributed by atoms with Gasteiger partial charge in [-0.15, -0.1) is 0 Å². The first-order chi connectivity index (χ1) is 16.6. The number of carbonyl (C=O) groups is 2. The number of fused-ring (bicyclic) bond motifs is 3. The topological polar surface area (TPSA) is 147 Å². The summed E-state index contributed by atoms with van der Waals surface area (Å²) < 4.78 is 28.5. The number of hydrogen-bond donors (Lipinski definition) is 3. The summed E-state index contributed by atoms with van der Waals surface area (Å²) in [4.78, 5) is 31.9. The minimum atomic E-state index is -3.78. The number of hydrogen-bond acceptors (Lipinski definition) is 6. The summed E-state index contributed by atoms with van der Waals surface area (Å²) in [5, 5.41) is 20.2. The van der Waals surface area contributed by atoms with E-state index in [1.54, 1.807) is 37.3 Å². The third-order valence-corrected chi connectivity index (χ3v) is 7.29. The van der Waals surface area contributed by atoms with Crippen molar-refractivity contribution in [2.24, 2.45) is 0 Å². The number of carboxylic acid groups (broad SMARTS) is 2. The Hall–Kier alpha value is -3.89. The first-order valence-electron chi connectivity index (χ1n) is 10.9. The van der Waals surface area contributed by atoms with Crippen molar-refractivity contribution in [1.29, 1.82) is 0 Å². The van der Waals surface area contributed by atoms with Gasteiger partial charge in [-0.3, -0.25) is 0 Å². The van der Waals surface area contributed by atoms with E-state index in [9.17, 15) is 28.2 Å². The number of rotatable bonds is 8. The maximum absolute atomic E-state index is 12.9. The van der Waals surface area contributed by atoms with E-state index in [0.717, 1.165) is 6.42 Å². The smallest absolute Gasteiger partial charge is 0.354 e. The van der Waals surface area contributed by atoms with Crippen LogP contribution >= 0.6 is 0 Å². The monoisotopic (exact) mass is 493 g/mol. The largest absolute Gasteiger partial charge is 0.477 e. The molecule has 0 aliphatic heterocycles. The van der Waals surface area contributed by atoms with Crippen molar-refractivity contribution in [3.8, 4) is 11.1 Å². The van der Waals surface area contributed by atoms with Gasteiger partial charge in [-0.2, -0.15) is 0 Å². The van der Waals surface area contributed by atoms with Crippen molar-refractivity contribution < 1.29 is 28.2 Å². The molecule has 0 amide bonds. The van der Waals surface area contributed by atoms with E-state index in [1.165, 1.54) is 18.2 Å². The fourth-order valence-electron chi connectivity index (χ4n) is 3.86. The second-order valence-electron chi connectivity index (χ2n) is 8.13. The molecule has 0 saturated heterocycles. The normalized spacial score (nSPS) is 11.7. The van der Waals surface area contributed by atoms with E-state index < -0.39 is 22.0 Å². The SMILES string of the molecule is CCCCNS(=O)(=O)c1cc(-c2cc(C(=O)O)nc3c2ccc2ccc(C(=O)O)nc23)ccc1C. The van der Waals surface area contributed by atoms with Crippen LogP contribution in [-0.4, -0.2) is 47.1 Å². The van der Waals surface area contributed by atoms with Gasteiger partial charge in [-0.25, -0.2) is 32.7 Å². The number of aromatic carboxylic acids is 2. The van der Waals surface area contributed by atoms with Crippen LogP contribution in [0.25, 0.3) is 32.9 Å². The van der Waals surface area contributed by atoms with Crippen LogP contribution in [-0.2, 0) is 10.0 Å². The average Bonchev–Trinajstić information content (AvgIpc) is 2.83. The standard InChI is InChI=1S/C25H23N3O6S/c1-3-4-11-26-35(33,34)21-12-16(6-5-14(21)2)18-13-20(25(31)32)28-23-17(18)9-7-15-8-10-19(24(29)30)27-22(15)23/h5-10,12-13,26H,3-4,11H2,1-2H3,(H,29,30)(H,31,32). The highest BCUT2D eigenvalue weighted by Gasteiger charge is 2.20. The Balaban J connectivity index is 1.99. The maximum atomic E-state index is 12.9. The van der Waals surface area contributed by atoms with E-state index in [-0.39, 0.29) is 27.3 Å². The maximum Gasteiger partial charge on any atom is 0.354 e. The Bertz CT molecular complexity index is 1600. The number of unbranched alkanes of at least 4 members (excludes halogenated alkanes) is 1. The molecule has 4 rings (SSSR count). The van der Waals surface area contributed by atoms with Crippen molar-refractivity contribution >= 4 is 43.8 Å². The molecule has 180 valence electrons. The van der Waals surface area contributed by atoms with Gasteiger partial charge < -0.3 is 10.2 Å². The third kappa shape index (κ3) is 4.71. The second kappa shape index (κ2) is 9.40. The number of carboxylic acids is 2. The van der Waals surface area contributed by atoms with Crippen LogP contribution in [0.5, 0.6) is 0 Å². The Morgan fingerprint density at radius 3 is 2.29 bits per heavy atom. The van der Waals surface area contributed by atoms with E-state index in [4.69, 9.17) is 0 Å². The van der Waals surface area contributed by atoms with Crippen LogP contribution in [0, 0.1) is 6.92 Å². The van der Waals surface area contributed by atoms with Gasteiger partial charge in [-0.1, -0.05) is 43.7 Å². The molecule has 2 aromatic carbocycles. The molecular weight excluding hydrogens is 470 g/mol. The van der Waals surface area contributed by atoms with Gasteiger partial charge in [0.25, 0.3) is 0 Å². The second-order valence-corrected chi connectivity index (χ2v) is 9.86. The molecule has 4 aromatic rings. The number of benzene rings is 2. The Labute approximate surface area is 201 Å². The molecule has 0 aliphatic carbocycles. The zero-order valence-electron chi connectivity index (χ0n) is 19.1. The van der Waals surface area contributed by atoms with Crippen molar-refractivity contribution in [2.75, 3.05) is 6.54 Å². The molecule has 3 N–H and O–H groups in total. The molecule has 0 fully saturated rings. The lowest BCUT2D eigenvalue weighted by Crippen LogP contribution is -2.25.